The lowest BCUT2D eigenvalue weighted by Crippen LogP contribution is -2.44. The Kier molecular flexibility index (Phi) is 3.09. The Morgan fingerprint density at radius 3 is 2.64 bits per heavy atom. The summed E-state index contributed by atoms with van der Waals surface area (Å²) in [4.78, 5) is 47.0. The monoisotopic (exact) mass is 302 g/mol. The van der Waals surface area contributed by atoms with Crippen LogP contribution >= 0.6 is 0 Å². The standard InChI is InChI=1S/C14H14N4O4/c1-17-10-6-7(12(15)20)2-3-8(10)18(14(17)22)9-4-5-11(19)16-13(9)21/h2-3,6,9H,4-5H2,1H3,(H2,15,20)(H,16,19,21). The van der Waals surface area contributed by atoms with Crippen molar-refractivity contribution in [3.8, 4) is 0 Å². The normalized spacial score (nSPS) is 18.5. The molecule has 8 nitrogen and oxygen atoms in total. The van der Waals surface area contributed by atoms with Crippen molar-refractivity contribution in [3.63, 3.8) is 0 Å². The van der Waals surface area contributed by atoms with E-state index in [1.165, 1.54) is 21.3 Å². The Balaban J connectivity index is 2.20. The molecule has 2 aromatic rings. The molecular formula is C14H14N4O4. The van der Waals surface area contributed by atoms with Crippen molar-refractivity contribution in [2.75, 3.05) is 0 Å². The second kappa shape index (κ2) is 4.83. The third kappa shape index (κ3) is 2.00. The summed E-state index contributed by atoms with van der Waals surface area (Å²) in [6.07, 6.45) is 0.444. The second-order valence-electron chi connectivity index (χ2n) is 5.25. The van der Waals surface area contributed by atoms with Gasteiger partial charge in [0.1, 0.15) is 6.04 Å². The van der Waals surface area contributed by atoms with Crippen molar-refractivity contribution in [1.29, 1.82) is 0 Å². The maximum Gasteiger partial charge on any atom is 0.329 e. The van der Waals surface area contributed by atoms with Crippen LogP contribution in [0.1, 0.15) is 29.2 Å². The third-order valence-electron chi connectivity index (χ3n) is 3.90. The predicted molar refractivity (Wildman–Crippen MR) is 77.1 cm³/mol. The summed E-state index contributed by atoms with van der Waals surface area (Å²) in [5.74, 6) is -1.43. The van der Waals surface area contributed by atoms with Crippen LogP contribution < -0.4 is 16.7 Å². The highest BCUT2D eigenvalue weighted by Gasteiger charge is 2.31. The van der Waals surface area contributed by atoms with Crippen LogP contribution in [-0.2, 0) is 16.6 Å². The number of aryl methyl sites for hydroxylation is 1. The van der Waals surface area contributed by atoms with E-state index < -0.39 is 17.9 Å². The molecule has 1 aromatic heterocycles. The van der Waals surface area contributed by atoms with Crippen LogP contribution in [0, 0.1) is 0 Å². The summed E-state index contributed by atoms with van der Waals surface area (Å²) in [6, 6.07) is 3.86. The fourth-order valence-corrected chi connectivity index (χ4v) is 2.75. The SMILES string of the molecule is Cn1c(=O)n(C2CCC(=O)NC2=O)c2ccc(C(N)=O)cc21. The highest BCUT2D eigenvalue weighted by molar-refractivity contribution is 6.00. The molecule has 114 valence electrons. The number of amides is 3. The van der Waals surface area contributed by atoms with Crippen molar-refractivity contribution in [2.24, 2.45) is 12.8 Å². The van der Waals surface area contributed by atoms with Crippen LogP contribution in [-0.4, -0.2) is 26.9 Å². The number of nitrogens with one attached hydrogen (secondary N) is 1. The second-order valence-corrected chi connectivity index (χ2v) is 5.25. The number of carbonyl (C=O) groups excluding carboxylic acids is 3. The number of piperidine rings is 1. The molecule has 1 aliphatic rings. The number of fused-ring (bicyclic) bond motifs is 1. The van der Waals surface area contributed by atoms with E-state index >= 15 is 0 Å². The van der Waals surface area contributed by atoms with Gasteiger partial charge in [0.15, 0.2) is 0 Å². The van der Waals surface area contributed by atoms with Crippen molar-refractivity contribution >= 4 is 28.8 Å². The summed E-state index contributed by atoms with van der Waals surface area (Å²) in [5.41, 5.74) is 6.17. The minimum absolute atomic E-state index is 0.179. The first-order valence-corrected chi connectivity index (χ1v) is 6.74. The number of hydrogen-bond donors (Lipinski definition) is 2. The molecule has 0 aliphatic carbocycles. The zero-order valence-electron chi connectivity index (χ0n) is 11.8. The molecule has 3 amide bonds. The van der Waals surface area contributed by atoms with E-state index in [0.717, 1.165) is 0 Å². The molecule has 8 heteroatoms. The predicted octanol–water partition coefficient (Wildman–Crippen LogP) is -0.583. The molecule has 1 saturated heterocycles. The topological polar surface area (TPSA) is 116 Å². The fourth-order valence-electron chi connectivity index (χ4n) is 2.75. The van der Waals surface area contributed by atoms with E-state index in [4.69, 9.17) is 5.73 Å². The summed E-state index contributed by atoms with van der Waals surface area (Å²) >= 11 is 0. The van der Waals surface area contributed by atoms with Gasteiger partial charge in [-0.2, -0.15) is 0 Å². The third-order valence-corrected chi connectivity index (χ3v) is 3.90. The van der Waals surface area contributed by atoms with Crippen molar-refractivity contribution < 1.29 is 14.4 Å². The minimum Gasteiger partial charge on any atom is -0.366 e. The molecule has 1 aliphatic heterocycles. The van der Waals surface area contributed by atoms with Crippen molar-refractivity contribution in [3.05, 3.63) is 34.2 Å². The number of aromatic nitrogens is 2. The fraction of sp³-hybridized carbons (Fsp3) is 0.286. The van der Waals surface area contributed by atoms with Gasteiger partial charge in [-0.15, -0.1) is 0 Å². The van der Waals surface area contributed by atoms with E-state index in [9.17, 15) is 19.2 Å². The highest BCUT2D eigenvalue weighted by Crippen LogP contribution is 2.23. The summed E-state index contributed by atoms with van der Waals surface area (Å²) < 4.78 is 2.70. The zero-order chi connectivity index (χ0) is 16.0. The first kappa shape index (κ1) is 14.1. The molecule has 22 heavy (non-hydrogen) atoms. The number of rotatable bonds is 2. The van der Waals surface area contributed by atoms with E-state index in [1.54, 1.807) is 13.1 Å². The molecule has 2 heterocycles. The Hall–Kier alpha value is -2.90. The molecule has 0 bridgehead atoms. The van der Waals surface area contributed by atoms with E-state index in [2.05, 4.69) is 5.32 Å². The zero-order valence-corrected chi connectivity index (χ0v) is 11.8. The maximum atomic E-state index is 12.4. The van der Waals surface area contributed by atoms with Crippen LogP contribution in [0.25, 0.3) is 11.0 Å². The minimum atomic E-state index is -0.742. The van der Waals surface area contributed by atoms with Crippen LogP contribution in [0.15, 0.2) is 23.0 Å². The van der Waals surface area contributed by atoms with Crippen LogP contribution in [0.5, 0.6) is 0 Å². The lowest BCUT2D eigenvalue weighted by Gasteiger charge is -2.21. The Labute approximate surface area is 124 Å². The highest BCUT2D eigenvalue weighted by atomic mass is 16.2. The summed E-state index contributed by atoms with van der Waals surface area (Å²) in [5, 5.41) is 2.24. The number of hydrogen-bond acceptors (Lipinski definition) is 4. The Morgan fingerprint density at radius 1 is 1.27 bits per heavy atom. The van der Waals surface area contributed by atoms with Gasteiger partial charge in [0, 0.05) is 19.0 Å². The first-order chi connectivity index (χ1) is 10.4. The molecule has 1 unspecified atom stereocenters. The molecule has 0 spiro atoms. The van der Waals surface area contributed by atoms with Crippen LogP contribution in [0.2, 0.25) is 0 Å². The molecule has 0 saturated carbocycles. The van der Waals surface area contributed by atoms with Gasteiger partial charge in [-0.25, -0.2) is 4.79 Å². The van der Waals surface area contributed by atoms with Gasteiger partial charge < -0.3 is 5.73 Å². The maximum absolute atomic E-state index is 12.4. The molecular weight excluding hydrogens is 288 g/mol. The van der Waals surface area contributed by atoms with Crippen LogP contribution in [0.4, 0.5) is 0 Å². The molecule has 0 radical (unpaired) electrons. The van der Waals surface area contributed by atoms with Gasteiger partial charge in [0.25, 0.3) is 0 Å². The number of nitrogens with zero attached hydrogens (tertiary/aromatic N) is 2. The van der Waals surface area contributed by atoms with E-state index in [1.807, 2.05) is 0 Å². The number of nitrogens with two attached hydrogens (primary N) is 1. The number of carbonyl (C=O) groups is 3. The lowest BCUT2D eigenvalue weighted by molar-refractivity contribution is -0.135. The van der Waals surface area contributed by atoms with Gasteiger partial charge in [-0.3, -0.25) is 28.8 Å². The summed E-state index contributed by atoms with van der Waals surface area (Å²) in [7, 11) is 1.55. The molecule has 3 rings (SSSR count). The molecule has 1 fully saturated rings. The Bertz CT molecular complexity index is 877. The van der Waals surface area contributed by atoms with Crippen molar-refractivity contribution in [2.45, 2.75) is 18.9 Å². The Morgan fingerprint density at radius 2 is 2.00 bits per heavy atom. The summed E-state index contributed by atoms with van der Waals surface area (Å²) in [6.45, 7) is 0. The number of imide groups is 1. The number of primary amides is 1. The lowest BCUT2D eigenvalue weighted by atomic mass is 10.1. The average Bonchev–Trinajstić information content (AvgIpc) is 2.71. The smallest absolute Gasteiger partial charge is 0.329 e. The van der Waals surface area contributed by atoms with Gasteiger partial charge in [-0.05, 0) is 24.6 Å². The van der Waals surface area contributed by atoms with Gasteiger partial charge in [0.2, 0.25) is 17.7 Å². The largest absolute Gasteiger partial charge is 0.366 e. The van der Waals surface area contributed by atoms with Crippen molar-refractivity contribution in [1.82, 2.24) is 14.5 Å². The number of benzene rings is 1. The first-order valence-electron chi connectivity index (χ1n) is 6.74. The average molecular weight is 302 g/mol. The van der Waals surface area contributed by atoms with E-state index in [-0.39, 0.29) is 30.0 Å². The van der Waals surface area contributed by atoms with Gasteiger partial charge in [-0.1, -0.05) is 0 Å². The van der Waals surface area contributed by atoms with E-state index in [0.29, 0.717) is 11.0 Å². The number of imidazole rings is 1. The van der Waals surface area contributed by atoms with Gasteiger partial charge in [0.05, 0.1) is 11.0 Å². The molecule has 3 N–H and O–H groups in total. The molecule has 1 atom stereocenters. The molecule has 1 aromatic carbocycles. The van der Waals surface area contributed by atoms with Crippen LogP contribution in [0.3, 0.4) is 0 Å². The quantitative estimate of drug-likeness (QED) is 0.722. The van der Waals surface area contributed by atoms with Gasteiger partial charge >= 0.3 is 5.69 Å².